The van der Waals surface area contributed by atoms with Crippen LogP contribution in [0.25, 0.3) is 0 Å². The molecule has 2 atom stereocenters. The summed E-state index contributed by atoms with van der Waals surface area (Å²) >= 11 is 0. The number of nitrogens with one attached hydrogen (secondary N) is 2. The van der Waals surface area contributed by atoms with Crippen molar-refractivity contribution in [3.63, 3.8) is 0 Å². The predicted molar refractivity (Wildman–Crippen MR) is 107 cm³/mol. The second kappa shape index (κ2) is 9.36. The fraction of sp³-hybridized carbons (Fsp3) is 0.391. The molecular weight excluding hydrogens is 336 g/mol. The van der Waals surface area contributed by atoms with Crippen molar-refractivity contribution in [3.05, 3.63) is 71.8 Å². The second-order valence-electron chi connectivity index (χ2n) is 7.43. The molecule has 0 heterocycles. The van der Waals surface area contributed by atoms with Gasteiger partial charge in [0.2, 0.25) is 0 Å². The Bertz CT molecular complexity index is 706. The first-order valence-corrected chi connectivity index (χ1v) is 9.83. The zero-order valence-electron chi connectivity index (χ0n) is 15.9. The lowest BCUT2D eigenvalue weighted by atomic mass is 9.86. The molecule has 2 aromatic rings. The molecule has 1 saturated carbocycles. The summed E-state index contributed by atoms with van der Waals surface area (Å²) in [7, 11) is 0. The molecule has 0 bridgehead atoms. The van der Waals surface area contributed by atoms with E-state index in [0.717, 1.165) is 30.4 Å². The van der Waals surface area contributed by atoms with Gasteiger partial charge in [0.15, 0.2) is 0 Å². The van der Waals surface area contributed by atoms with Gasteiger partial charge < -0.3 is 10.6 Å². The van der Waals surface area contributed by atoms with Crippen molar-refractivity contribution in [2.45, 2.75) is 44.6 Å². The van der Waals surface area contributed by atoms with E-state index < -0.39 is 11.8 Å². The Balaban J connectivity index is 1.63. The van der Waals surface area contributed by atoms with Crippen molar-refractivity contribution >= 4 is 11.8 Å². The Morgan fingerprint density at radius 3 is 2.00 bits per heavy atom. The predicted octanol–water partition coefficient (Wildman–Crippen LogP) is 3.63. The van der Waals surface area contributed by atoms with Crippen molar-refractivity contribution in [2.75, 3.05) is 6.54 Å². The third-order valence-corrected chi connectivity index (χ3v) is 5.50. The molecule has 3 rings (SSSR count). The molecule has 0 radical (unpaired) electrons. The van der Waals surface area contributed by atoms with E-state index in [1.54, 1.807) is 0 Å². The summed E-state index contributed by atoms with van der Waals surface area (Å²) in [6.07, 6.45) is 4.38. The number of carbonyl (C=O) groups is 2. The number of amides is 2. The monoisotopic (exact) mass is 364 g/mol. The zero-order valence-corrected chi connectivity index (χ0v) is 15.9. The topological polar surface area (TPSA) is 58.2 Å². The van der Waals surface area contributed by atoms with Crippen LogP contribution in [0, 0.1) is 5.92 Å². The van der Waals surface area contributed by atoms with E-state index in [1.807, 2.05) is 60.7 Å². The summed E-state index contributed by atoms with van der Waals surface area (Å²) in [4.78, 5) is 24.7. The summed E-state index contributed by atoms with van der Waals surface area (Å²) < 4.78 is 0. The third-order valence-electron chi connectivity index (χ3n) is 5.50. The maximum atomic E-state index is 12.4. The first-order valence-electron chi connectivity index (χ1n) is 9.83. The van der Waals surface area contributed by atoms with E-state index in [9.17, 15) is 9.59 Å². The van der Waals surface area contributed by atoms with Gasteiger partial charge in [-0.3, -0.25) is 9.59 Å². The summed E-state index contributed by atoms with van der Waals surface area (Å²) in [5.41, 5.74) is 2.23. The van der Waals surface area contributed by atoms with E-state index >= 15 is 0 Å². The number of rotatable bonds is 5. The van der Waals surface area contributed by atoms with Crippen LogP contribution < -0.4 is 10.6 Å². The molecule has 0 unspecified atom stereocenters. The lowest BCUT2D eigenvalue weighted by Crippen LogP contribution is -2.48. The molecule has 0 aromatic heterocycles. The minimum absolute atomic E-state index is 0.0118. The largest absolute Gasteiger partial charge is 0.347 e. The van der Waals surface area contributed by atoms with Crippen LogP contribution in [0.4, 0.5) is 0 Å². The highest BCUT2D eigenvalue weighted by molar-refractivity contribution is 6.35. The first-order chi connectivity index (χ1) is 13.1. The third kappa shape index (κ3) is 5.19. The van der Waals surface area contributed by atoms with Gasteiger partial charge in [0, 0.05) is 18.5 Å². The fourth-order valence-electron chi connectivity index (χ4n) is 3.84. The number of benzene rings is 2. The maximum Gasteiger partial charge on any atom is 0.309 e. The second-order valence-corrected chi connectivity index (χ2v) is 7.43. The van der Waals surface area contributed by atoms with Crippen LogP contribution in [0.3, 0.4) is 0 Å². The van der Waals surface area contributed by atoms with Gasteiger partial charge in [-0.1, -0.05) is 80.4 Å². The maximum absolute atomic E-state index is 12.4. The Labute approximate surface area is 161 Å². The molecule has 4 nitrogen and oxygen atoms in total. The minimum Gasteiger partial charge on any atom is -0.347 e. The van der Waals surface area contributed by atoms with Gasteiger partial charge in [-0.05, 0) is 29.9 Å². The first kappa shape index (κ1) is 19.2. The van der Waals surface area contributed by atoms with Crippen LogP contribution in [-0.4, -0.2) is 24.4 Å². The average molecular weight is 364 g/mol. The van der Waals surface area contributed by atoms with Crippen LogP contribution in [0.5, 0.6) is 0 Å². The van der Waals surface area contributed by atoms with E-state index in [0.29, 0.717) is 12.5 Å². The van der Waals surface area contributed by atoms with Gasteiger partial charge in [0.05, 0.1) is 0 Å². The molecule has 2 N–H and O–H groups in total. The standard InChI is InChI=1S/C23H28N2O2/c1-17-10-8-9-15-21(17)25-23(27)22(26)24-16-20(18-11-4-2-5-12-18)19-13-6-3-7-14-19/h2-7,11-14,17,20-21H,8-10,15-16H2,1H3,(H,24,26)(H,25,27)/t17-,21+/m1/s1. The lowest BCUT2D eigenvalue weighted by molar-refractivity contribution is -0.140. The molecule has 0 spiro atoms. The number of carbonyl (C=O) groups excluding carboxylic acids is 2. The Morgan fingerprint density at radius 2 is 1.44 bits per heavy atom. The van der Waals surface area contributed by atoms with E-state index in [4.69, 9.17) is 0 Å². The molecular formula is C23H28N2O2. The molecule has 1 aliphatic carbocycles. The van der Waals surface area contributed by atoms with Gasteiger partial charge in [-0.15, -0.1) is 0 Å². The lowest BCUT2D eigenvalue weighted by Gasteiger charge is -2.29. The minimum atomic E-state index is -0.551. The number of hydrogen-bond acceptors (Lipinski definition) is 2. The Kier molecular flexibility index (Phi) is 6.64. The molecule has 1 fully saturated rings. The molecule has 2 aromatic carbocycles. The van der Waals surface area contributed by atoms with Crippen LogP contribution in [-0.2, 0) is 9.59 Å². The van der Waals surface area contributed by atoms with Crippen molar-refractivity contribution in [1.82, 2.24) is 10.6 Å². The Morgan fingerprint density at radius 1 is 0.889 bits per heavy atom. The van der Waals surface area contributed by atoms with Crippen molar-refractivity contribution in [3.8, 4) is 0 Å². The van der Waals surface area contributed by atoms with Crippen LogP contribution >= 0.6 is 0 Å². The molecule has 142 valence electrons. The van der Waals surface area contributed by atoms with Crippen molar-refractivity contribution in [1.29, 1.82) is 0 Å². The summed E-state index contributed by atoms with van der Waals surface area (Å²) in [5.74, 6) is -0.632. The quantitative estimate of drug-likeness (QED) is 0.796. The summed E-state index contributed by atoms with van der Waals surface area (Å²) in [5, 5.41) is 5.75. The van der Waals surface area contributed by atoms with Gasteiger partial charge >= 0.3 is 11.8 Å². The highest BCUT2D eigenvalue weighted by Crippen LogP contribution is 2.24. The smallest absolute Gasteiger partial charge is 0.309 e. The van der Waals surface area contributed by atoms with Gasteiger partial charge in [0.1, 0.15) is 0 Å². The molecule has 0 saturated heterocycles. The normalized spacial score (nSPS) is 19.5. The average Bonchev–Trinajstić information content (AvgIpc) is 2.71. The zero-order chi connectivity index (χ0) is 19.1. The van der Waals surface area contributed by atoms with E-state index in [1.165, 1.54) is 6.42 Å². The molecule has 0 aliphatic heterocycles. The molecule has 27 heavy (non-hydrogen) atoms. The summed E-state index contributed by atoms with van der Waals surface area (Å²) in [6.45, 7) is 2.53. The van der Waals surface area contributed by atoms with Gasteiger partial charge in [-0.2, -0.15) is 0 Å². The number of hydrogen-bond donors (Lipinski definition) is 2. The molecule has 2 amide bonds. The highest BCUT2D eigenvalue weighted by Gasteiger charge is 2.26. The SMILES string of the molecule is C[C@@H]1CCCC[C@@H]1NC(=O)C(=O)NCC(c1ccccc1)c1ccccc1. The summed E-state index contributed by atoms with van der Waals surface area (Å²) in [6, 6.07) is 20.2. The van der Waals surface area contributed by atoms with Crippen molar-refractivity contribution < 1.29 is 9.59 Å². The molecule has 4 heteroatoms. The highest BCUT2D eigenvalue weighted by atomic mass is 16.2. The molecule has 1 aliphatic rings. The fourth-order valence-corrected chi connectivity index (χ4v) is 3.84. The van der Waals surface area contributed by atoms with Crippen LogP contribution in [0.15, 0.2) is 60.7 Å². The van der Waals surface area contributed by atoms with E-state index in [-0.39, 0.29) is 12.0 Å². The van der Waals surface area contributed by atoms with Crippen molar-refractivity contribution in [2.24, 2.45) is 5.92 Å². The Hall–Kier alpha value is -2.62. The van der Waals surface area contributed by atoms with Gasteiger partial charge in [-0.25, -0.2) is 0 Å². The van der Waals surface area contributed by atoms with E-state index in [2.05, 4.69) is 17.6 Å². The van der Waals surface area contributed by atoms with Gasteiger partial charge in [0.25, 0.3) is 0 Å². The van der Waals surface area contributed by atoms with Crippen LogP contribution in [0.1, 0.15) is 49.7 Å². The van der Waals surface area contributed by atoms with Crippen LogP contribution in [0.2, 0.25) is 0 Å².